The number of hydrogen-bond donors (Lipinski definition) is 4. The minimum atomic E-state index is -0.686. The highest BCUT2D eigenvalue weighted by Crippen LogP contribution is 2.35. The topological polar surface area (TPSA) is 181 Å². The molecule has 2 rings (SSSR count). The number of nitrogens with one attached hydrogen (secondary N) is 1. The molecule has 4 amide bonds. The van der Waals surface area contributed by atoms with Crippen LogP contribution in [0.1, 0.15) is 92.7 Å². The second-order valence-corrected chi connectivity index (χ2v) is 15.0. The molecule has 53 heavy (non-hydrogen) atoms. The average Bonchev–Trinajstić information content (AvgIpc) is 3.51. The Morgan fingerprint density at radius 2 is 1.55 bits per heavy atom. The molecule has 13 heteroatoms. The molecular weight excluding hydrogens is 676 g/mol. The molecule has 1 aliphatic rings. The fourth-order valence-electron chi connectivity index (χ4n) is 7.32. The number of likely N-dealkylation sites (tertiary alicyclic amines) is 1. The zero-order valence-corrected chi connectivity index (χ0v) is 35.0. The smallest absolute Gasteiger partial charge is 0.242 e. The van der Waals surface area contributed by atoms with Crippen molar-refractivity contribution < 1.29 is 33.8 Å². The van der Waals surface area contributed by atoms with Crippen LogP contribution in [0.25, 0.3) is 0 Å². The van der Waals surface area contributed by atoms with Gasteiger partial charge in [0.15, 0.2) is 0 Å². The van der Waals surface area contributed by atoms with Gasteiger partial charge in [0, 0.05) is 33.9 Å². The summed E-state index contributed by atoms with van der Waals surface area (Å²) in [5, 5.41) is 14.0. The summed E-state index contributed by atoms with van der Waals surface area (Å²) in [7, 11) is 8.62. The van der Waals surface area contributed by atoms with Gasteiger partial charge in [-0.3, -0.25) is 24.1 Å². The first-order valence-corrected chi connectivity index (χ1v) is 19.1. The van der Waals surface area contributed by atoms with Gasteiger partial charge < -0.3 is 41.2 Å². The summed E-state index contributed by atoms with van der Waals surface area (Å²) in [5.74, 6) is -0.705. The first-order chi connectivity index (χ1) is 24.9. The molecule has 0 saturated carbocycles. The minimum Gasteiger partial charge on any atom is -0.388 e. The molecule has 10 atom stereocenters. The summed E-state index contributed by atoms with van der Waals surface area (Å²) in [6.07, 6.45) is 1.29. The van der Waals surface area contributed by atoms with Crippen LogP contribution in [-0.4, -0.2) is 129 Å². The van der Waals surface area contributed by atoms with E-state index in [1.165, 1.54) is 6.42 Å². The van der Waals surface area contributed by atoms with Crippen LogP contribution in [0.3, 0.4) is 0 Å². The van der Waals surface area contributed by atoms with Crippen LogP contribution in [0.2, 0.25) is 0 Å². The maximum Gasteiger partial charge on any atom is 0.242 e. The molecular formula is C40H74N6O7. The van der Waals surface area contributed by atoms with Gasteiger partial charge in [-0.25, -0.2) is 0 Å². The van der Waals surface area contributed by atoms with E-state index in [9.17, 15) is 19.5 Å². The monoisotopic (exact) mass is 751 g/mol. The van der Waals surface area contributed by atoms with Gasteiger partial charge in [0.2, 0.25) is 24.1 Å². The van der Waals surface area contributed by atoms with Crippen molar-refractivity contribution in [3.05, 3.63) is 35.9 Å². The lowest BCUT2D eigenvalue weighted by atomic mass is 9.80. The number of hydrogen-bond acceptors (Lipinski definition) is 9. The highest BCUT2D eigenvalue weighted by molar-refractivity contribution is 5.87. The Bertz CT molecular complexity index is 1180. The first-order valence-electron chi connectivity index (χ1n) is 19.1. The number of benzene rings is 1. The predicted octanol–water partition coefficient (Wildman–Crippen LogP) is 3.43. The molecule has 1 aromatic carbocycles. The molecule has 1 saturated heterocycles. The molecule has 0 aromatic heterocycles. The number of carbonyl (C=O) groups excluding carboxylic acids is 4. The molecule has 0 radical (unpaired) electrons. The number of nitrogens with zero attached hydrogens (tertiary/aromatic N) is 3. The molecule has 0 spiro atoms. The fourth-order valence-corrected chi connectivity index (χ4v) is 7.32. The highest BCUT2D eigenvalue weighted by atomic mass is 16.5. The quantitative estimate of drug-likeness (QED) is 0.164. The van der Waals surface area contributed by atoms with Gasteiger partial charge in [0.25, 0.3) is 0 Å². The number of nitrogens with two attached hydrogens (primary N) is 2. The van der Waals surface area contributed by atoms with E-state index in [-0.39, 0.29) is 85.0 Å². The van der Waals surface area contributed by atoms with Crippen LogP contribution in [-0.2, 0) is 28.7 Å². The van der Waals surface area contributed by atoms with Gasteiger partial charge in [-0.1, -0.05) is 98.6 Å². The third-order valence-corrected chi connectivity index (χ3v) is 10.3. The van der Waals surface area contributed by atoms with Crippen LogP contribution >= 0.6 is 0 Å². The highest BCUT2D eigenvalue weighted by Gasteiger charge is 2.44. The molecule has 306 valence electrons. The van der Waals surface area contributed by atoms with Crippen molar-refractivity contribution in [1.29, 1.82) is 0 Å². The normalized spacial score (nSPS) is 20.0. The summed E-state index contributed by atoms with van der Waals surface area (Å²) in [4.78, 5) is 54.3. The molecule has 6 N–H and O–H groups in total. The van der Waals surface area contributed by atoms with Gasteiger partial charge >= 0.3 is 0 Å². The van der Waals surface area contributed by atoms with E-state index >= 15 is 0 Å². The maximum absolute atomic E-state index is 14.1. The van der Waals surface area contributed by atoms with Crippen molar-refractivity contribution >= 4 is 24.1 Å². The maximum atomic E-state index is 14.1. The largest absolute Gasteiger partial charge is 0.388 e. The number of ether oxygens (including phenoxy) is 2. The summed E-state index contributed by atoms with van der Waals surface area (Å²) >= 11 is 0. The van der Waals surface area contributed by atoms with Gasteiger partial charge in [-0.2, -0.15) is 0 Å². The second kappa shape index (κ2) is 25.8. The summed E-state index contributed by atoms with van der Waals surface area (Å²) in [6, 6.07) is 8.33. The fraction of sp³-hybridized carbons (Fsp3) is 0.750. The van der Waals surface area contributed by atoms with Crippen molar-refractivity contribution in [1.82, 2.24) is 20.0 Å². The Hall–Kier alpha value is -3.10. The van der Waals surface area contributed by atoms with E-state index in [0.29, 0.717) is 13.0 Å². The number of aliphatic hydroxyl groups excluding tert-OH is 1. The lowest BCUT2D eigenvalue weighted by molar-refractivity contribution is -0.145. The Kier molecular flexibility index (Phi) is 24.3. The number of likely N-dealkylation sites (N-methyl/N-ethyl adjacent to an activating group) is 2. The van der Waals surface area contributed by atoms with Crippen LogP contribution in [0.15, 0.2) is 30.3 Å². The average molecular weight is 751 g/mol. The first kappa shape index (κ1) is 49.9. The zero-order chi connectivity index (χ0) is 41.0. The lowest BCUT2D eigenvalue weighted by Crippen LogP contribution is -2.55. The van der Waals surface area contributed by atoms with Gasteiger partial charge in [-0.15, -0.1) is 0 Å². The Morgan fingerprint density at radius 1 is 1.00 bits per heavy atom. The molecule has 1 fully saturated rings. The minimum absolute atomic E-state index is 0.0197. The third-order valence-electron chi connectivity index (χ3n) is 10.3. The SMILES string of the molecule is CCC.CCC(C)C(C(CC(=O)N1CC(N)CC1C(OC)C(C)C(C)C(O)c1ccccc1)OC)N(C)C(=O)CNC(=O)C(C(C)C)N(C)C.NC=O. The van der Waals surface area contributed by atoms with Crippen LogP contribution < -0.4 is 16.8 Å². The molecule has 1 aromatic rings. The molecule has 0 aliphatic carbocycles. The summed E-state index contributed by atoms with van der Waals surface area (Å²) in [5.41, 5.74) is 11.5. The van der Waals surface area contributed by atoms with Gasteiger partial charge in [0.1, 0.15) is 0 Å². The van der Waals surface area contributed by atoms with Crippen molar-refractivity contribution in [2.45, 2.75) is 124 Å². The number of carbonyl (C=O) groups is 4. The summed E-state index contributed by atoms with van der Waals surface area (Å²) in [6.45, 7) is 16.6. The Morgan fingerprint density at radius 3 is 2.00 bits per heavy atom. The third kappa shape index (κ3) is 15.3. The van der Waals surface area contributed by atoms with E-state index in [1.807, 2.05) is 88.8 Å². The predicted molar refractivity (Wildman–Crippen MR) is 212 cm³/mol. The number of primary amides is 1. The molecule has 10 unspecified atom stereocenters. The van der Waals surface area contributed by atoms with Crippen LogP contribution in [0.4, 0.5) is 0 Å². The van der Waals surface area contributed by atoms with Gasteiger partial charge in [0.05, 0.1) is 49.4 Å². The Labute approximate surface area is 320 Å². The van der Waals surface area contributed by atoms with Crippen LogP contribution in [0, 0.1) is 23.7 Å². The lowest BCUT2D eigenvalue weighted by Gasteiger charge is -2.40. The molecule has 13 nitrogen and oxygen atoms in total. The van der Waals surface area contributed by atoms with E-state index in [1.54, 1.807) is 26.2 Å². The van der Waals surface area contributed by atoms with Crippen molar-refractivity contribution in [3.8, 4) is 0 Å². The Balaban J connectivity index is 0.00000420. The number of rotatable bonds is 18. The van der Waals surface area contributed by atoms with E-state index in [0.717, 1.165) is 12.0 Å². The number of amides is 4. The van der Waals surface area contributed by atoms with Crippen molar-refractivity contribution in [3.63, 3.8) is 0 Å². The van der Waals surface area contributed by atoms with Gasteiger partial charge in [-0.05, 0) is 49.8 Å². The molecule has 0 bridgehead atoms. The number of aliphatic hydroxyl groups is 1. The van der Waals surface area contributed by atoms with E-state index < -0.39 is 18.2 Å². The van der Waals surface area contributed by atoms with Crippen molar-refractivity contribution in [2.75, 3.05) is 48.5 Å². The standard InChI is InChI=1S/C36H63N5O6.C3H8.CH3NO/c1-12-23(4)33(40(9)31(43)20-38-36(45)32(22(2)3)39(7)8)29(46-10)19-30(42)41-21-27(37)18-28(41)35(47-11)25(6)24(5)34(44)26-16-14-13-15-17-26;1-3-2;2-1-3/h13-17,22-25,27-29,32-35,44H,12,18-21,37H2,1-11H3,(H,38,45);3H2,1-2H3;1H,(H2,2,3). The van der Waals surface area contributed by atoms with E-state index in [4.69, 9.17) is 20.0 Å². The van der Waals surface area contributed by atoms with Crippen molar-refractivity contribution in [2.24, 2.45) is 35.1 Å². The molecule has 1 heterocycles. The zero-order valence-electron chi connectivity index (χ0n) is 35.0. The number of methoxy groups -OCH3 is 2. The molecule has 1 aliphatic heterocycles. The van der Waals surface area contributed by atoms with E-state index in [2.05, 4.69) is 31.8 Å². The second-order valence-electron chi connectivity index (χ2n) is 15.0. The summed E-state index contributed by atoms with van der Waals surface area (Å²) < 4.78 is 12.0. The van der Waals surface area contributed by atoms with Crippen LogP contribution in [0.5, 0.6) is 0 Å².